The second kappa shape index (κ2) is 6.99. The highest BCUT2D eigenvalue weighted by molar-refractivity contribution is 6.00. The molecule has 1 saturated heterocycles. The van der Waals surface area contributed by atoms with Crippen molar-refractivity contribution in [2.75, 3.05) is 31.1 Å². The monoisotopic (exact) mass is 334 g/mol. The summed E-state index contributed by atoms with van der Waals surface area (Å²) >= 11 is 0. The molecule has 3 aromatic rings. The van der Waals surface area contributed by atoms with Crippen LogP contribution in [-0.4, -0.2) is 47.5 Å². The predicted octanol–water partition coefficient (Wildman–Crippen LogP) is 3.30. The molecule has 2 aromatic carbocycles. The quantitative estimate of drug-likeness (QED) is 0.437. The average molecular weight is 334 g/mol. The van der Waals surface area contributed by atoms with Crippen LogP contribution in [0.2, 0.25) is 0 Å². The summed E-state index contributed by atoms with van der Waals surface area (Å²) in [6.45, 7) is 4.90. The lowest BCUT2D eigenvalue weighted by Crippen LogP contribution is -2.46. The van der Waals surface area contributed by atoms with Crippen molar-refractivity contribution >= 4 is 22.8 Å². The number of hydrogen-bond donors (Lipinski definition) is 2. The van der Waals surface area contributed by atoms with Gasteiger partial charge in [-0.15, -0.1) is 0 Å². The third kappa shape index (κ3) is 3.23. The second-order valence-corrected chi connectivity index (χ2v) is 6.41. The Hall–Kier alpha value is -2.79. The first kappa shape index (κ1) is 15.7. The van der Waals surface area contributed by atoms with E-state index in [0.29, 0.717) is 0 Å². The van der Waals surface area contributed by atoms with Crippen LogP contribution in [0.25, 0.3) is 10.9 Å². The first-order valence-corrected chi connectivity index (χ1v) is 8.64. The zero-order valence-corrected chi connectivity index (χ0v) is 14.1. The zero-order chi connectivity index (χ0) is 17.1. The minimum Gasteiger partial charge on any atom is -0.411 e. The van der Waals surface area contributed by atoms with E-state index < -0.39 is 0 Å². The van der Waals surface area contributed by atoms with E-state index in [2.05, 4.69) is 62.4 Å². The standard InChI is InChI=1S/C20H22N4O/c25-21-14-18-17-8-4-5-9-19(17)22-20(18)15-23-10-12-24(13-11-23)16-6-2-1-3-7-16/h1-9,14,22,25H,10-13,15H2/b21-14+. The third-order valence-electron chi connectivity index (χ3n) is 4.89. The number of nitrogens with one attached hydrogen (secondary N) is 1. The first-order valence-electron chi connectivity index (χ1n) is 8.64. The second-order valence-electron chi connectivity index (χ2n) is 6.41. The molecule has 1 aromatic heterocycles. The number of oxime groups is 1. The van der Waals surface area contributed by atoms with Gasteiger partial charge in [-0.2, -0.15) is 0 Å². The van der Waals surface area contributed by atoms with Gasteiger partial charge in [-0.1, -0.05) is 41.6 Å². The van der Waals surface area contributed by atoms with Crippen molar-refractivity contribution in [3.05, 3.63) is 65.9 Å². The lowest BCUT2D eigenvalue weighted by molar-refractivity contribution is 0.247. The summed E-state index contributed by atoms with van der Waals surface area (Å²) in [5.74, 6) is 0. The van der Waals surface area contributed by atoms with Crippen LogP contribution in [-0.2, 0) is 6.54 Å². The molecule has 2 N–H and O–H groups in total. The van der Waals surface area contributed by atoms with Crippen molar-refractivity contribution in [3.8, 4) is 0 Å². The normalized spacial score (nSPS) is 16.1. The summed E-state index contributed by atoms with van der Waals surface area (Å²) in [7, 11) is 0. The maximum atomic E-state index is 9.02. The van der Waals surface area contributed by atoms with Crippen LogP contribution in [0.15, 0.2) is 59.8 Å². The minimum absolute atomic E-state index is 0.832. The molecule has 1 fully saturated rings. The topological polar surface area (TPSA) is 54.9 Å². The number of hydrogen-bond acceptors (Lipinski definition) is 4. The smallest absolute Gasteiger partial charge is 0.0758 e. The molecule has 0 radical (unpaired) electrons. The van der Waals surface area contributed by atoms with Crippen LogP contribution in [0.5, 0.6) is 0 Å². The summed E-state index contributed by atoms with van der Waals surface area (Å²) in [6.07, 6.45) is 1.54. The number of aromatic amines is 1. The number of H-pyrrole nitrogens is 1. The Morgan fingerprint density at radius 1 is 0.960 bits per heavy atom. The molecule has 0 aliphatic carbocycles. The number of benzene rings is 2. The largest absolute Gasteiger partial charge is 0.411 e. The van der Waals surface area contributed by atoms with E-state index in [1.807, 2.05) is 12.1 Å². The van der Waals surface area contributed by atoms with Gasteiger partial charge in [-0.25, -0.2) is 0 Å². The molecule has 128 valence electrons. The molecule has 1 aliphatic heterocycles. The molecule has 0 saturated carbocycles. The summed E-state index contributed by atoms with van der Waals surface area (Å²) in [4.78, 5) is 8.35. The van der Waals surface area contributed by atoms with Gasteiger partial charge in [0.25, 0.3) is 0 Å². The van der Waals surface area contributed by atoms with Gasteiger partial charge in [-0.3, -0.25) is 4.90 Å². The molecular formula is C20H22N4O. The fraction of sp³-hybridized carbons (Fsp3) is 0.250. The van der Waals surface area contributed by atoms with Gasteiger partial charge in [0.15, 0.2) is 0 Å². The van der Waals surface area contributed by atoms with Crippen LogP contribution < -0.4 is 4.90 Å². The number of piperazine rings is 1. The van der Waals surface area contributed by atoms with Gasteiger partial charge in [0.1, 0.15) is 0 Å². The molecule has 5 nitrogen and oxygen atoms in total. The van der Waals surface area contributed by atoms with Crippen LogP contribution in [0.1, 0.15) is 11.3 Å². The van der Waals surface area contributed by atoms with Gasteiger partial charge in [0, 0.05) is 60.6 Å². The zero-order valence-electron chi connectivity index (χ0n) is 14.1. The van der Waals surface area contributed by atoms with Crippen molar-refractivity contribution < 1.29 is 5.21 Å². The maximum absolute atomic E-state index is 9.02. The van der Waals surface area contributed by atoms with Crippen LogP contribution >= 0.6 is 0 Å². The van der Waals surface area contributed by atoms with Crippen molar-refractivity contribution in [1.29, 1.82) is 0 Å². The molecule has 4 rings (SSSR count). The fourth-order valence-electron chi connectivity index (χ4n) is 3.58. The van der Waals surface area contributed by atoms with Crippen molar-refractivity contribution in [3.63, 3.8) is 0 Å². The van der Waals surface area contributed by atoms with Crippen LogP contribution in [0.3, 0.4) is 0 Å². The van der Waals surface area contributed by atoms with Crippen molar-refractivity contribution in [2.24, 2.45) is 5.16 Å². The summed E-state index contributed by atoms with van der Waals surface area (Å²) in [5, 5.41) is 13.4. The third-order valence-corrected chi connectivity index (χ3v) is 4.89. The first-order chi connectivity index (χ1) is 12.3. The van der Waals surface area contributed by atoms with Crippen molar-refractivity contribution in [2.45, 2.75) is 6.54 Å². The molecule has 0 amide bonds. The molecule has 0 bridgehead atoms. The lowest BCUT2D eigenvalue weighted by Gasteiger charge is -2.36. The van der Waals surface area contributed by atoms with E-state index in [4.69, 9.17) is 5.21 Å². The average Bonchev–Trinajstić information content (AvgIpc) is 3.01. The number of fused-ring (bicyclic) bond motifs is 1. The van der Waals surface area contributed by atoms with E-state index in [-0.39, 0.29) is 0 Å². The Balaban J connectivity index is 1.48. The number of aromatic nitrogens is 1. The Labute approximate surface area is 147 Å². The van der Waals surface area contributed by atoms with E-state index in [1.165, 1.54) is 11.9 Å². The SMILES string of the molecule is O/N=C/c1c(CN2CCN(c3ccccc3)CC2)[nH]c2ccccc12. The van der Waals surface area contributed by atoms with Crippen LogP contribution in [0, 0.1) is 0 Å². The lowest BCUT2D eigenvalue weighted by atomic mass is 10.1. The van der Waals surface area contributed by atoms with Crippen molar-refractivity contribution in [1.82, 2.24) is 9.88 Å². The van der Waals surface area contributed by atoms with Gasteiger partial charge < -0.3 is 15.1 Å². The summed E-state index contributed by atoms with van der Waals surface area (Å²) in [5.41, 5.74) is 4.45. The van der Waals surface area contributed by atoms with Gasteiger partial charge in [0.05, 0.1) is 6.21 Å². The Morgan fingerprint density at radius 3 is 2.44 bits per heavy atom. The Morgan fingerprint density at radius 2 is 1.68 bits per heavy atom. The number of para-hydroxylation sites is 2. The highest BCUT2D eigenvalue weighted by Crippen LogP contribution is 2.23. The van der Waals surface area contributed by atoms with E-state index in [1.54, 1.807) is 0 Å². The Bertz CT molecular complexity index is 864. The summed E-state index contributed by atoms with van der Waals surface area (Å²) < 4.78 is 0. The van der Waals surface area contributed by atoms with Gasteiger partial charge in [-0.05, 0) is 18.2 Å². The molecular weight excluding hydrogens is 312 g/mol. The maximum Gasteiger partial charge on any atom is 0.0758 e. The highest BCUT2D eigenvalue weighted by atomic mass is 16.4. The fourth-order valence-corrected chi connectivity index (χ4v) is 3.58. The minimum atomic E-state index is 0.832. The molecule has 0 unspecified atom stereocenters. The molecule has 1 aliphatic rings. The molecule has 0 atom stereocenters. The molecule has 5 heteroatoms. The van der Waals surface area contributed by atoms with E-state index in [0.717, 1.165) is 54.9 Å². The van der Waals surface area contributed by atoms with E-state index >= 15 is 0 Å². The predicted molar refractivity (Wildman–Crippen MR) is 102 cm³/mol. The molecule has 0 spiro atoms. The van der Waals surface area contributed by atoms with E-state index in [9.17, 15) is 0 Å². The highest BCUT2D eigenvalue weighted by Gasteiger charge is 2.19. The molecule has 25 heavy (non-hydrogen) atoms. The number of rotatable bonds is 4. The van der Waals surface area contributed by atoms with Gasteiger partial charge >= 0.3 is 0 Å². The Kier molecular flexibility index (Phi) is 4.39. The number of anilines is 1. The molecule has 2 heterocycles. The summed E-state index contributed by atoms with van der Waals surface area (Å²) in [6, 6.07) is 18.7. The van der Waals surface area contributed by atoms with Gasteiger partial charge in [0.2, 0.25) is 0 Å². The van der Waals surface area contributed by atoms with Crippen LogP contribution in [0.4, 0.5) is 5.69 Å². The number of nitrogens with zero attached hydrogens (tertiary/aromatic N) is 3.